The molecule has 138 valence electrons. The predicted molar refractivity (Wildman–Crippen MR) is 107 cm³/mol. The van der Waals surface area contributed by atoms with Gasteiger partial charge in [0.15, 0.2) is 11.5 Å². The Bertz CT molecular complexity index is 810. The third kappa shape index (κ3) is 5.09. The molecule has 7 nitrogen and oxygen atoms in total. The summed E-state index contributed by atoms with van der Waals surface area (Å²) in [5.74, 6) is 0.455. The molecule has 0 aliphatic carbocycles. The van der Waals surface area contributed by atoms with Crippen molar-refractivity contribution in [3.8, 4) is 11.5 Å². The number of nitrogens with one attached hydrogen (secondary N) is 2. The highest BCUT2D eigenvalue weighted by atomic mass is 127. The molecule has 0 spiro atoms. The van der Waals surface area contributed by atoms with Gasteiger partial charge in [0, 0.05) is 22.1 Å². The van der Waals surface area contributed by atoms with Gasteiger partial charge in [-0.25, -0.2) is 0 Å². The van der Waals surface area contributed by atoms with E-state index in [-0.39, 0.29) is 18.4 Å². The number of hydrogen-bond acceptors (Lipinski definition) is 5. The van der Waals surface area contributed by atoms with Crippen molar-refractivity contribution in [3.05, 3.63) is 45.5 Å². The fourth-order valence-corrected chi connectivity index (χ4v) is 2.91. The molecule has 8 heteroatoms. The van der Waals surface area contributed by atoms with Gasteiger partial charge in [0.1, 0.15) is 6.61 Å². The molecule has 0 bridgehead atoms. The summed E-state index contributed by atoms with van der Waals surface area (Å²) in [6.45, 7) is -0.0412. The lowest BCUT2D eigenvalue weighted by Crippen LogP contribution is -2.17. The Morgan fingerprint density at radius 3 is 2.19 bits per heavy atom. The molecule has 0 aliphatic rings. The van der Waals surface area contributed by atoms with Crippen LogP contribution in [-0.2, 0) is 9.53 Å². The number of methoxy groups -OCH3 is 3. The average molecular weight is 470 g/mol. The van der Waals surface area contributed by atoms with Crippen LogP contribution in [0.4, 0.5) is 11.4 Å². The number of rotatable bonds is 7. The maximum atomic E-state index is 12.6. The van der Waals surface area contributed by atoms with Crippen molar-refractivity contribution in [3.63, 3.8) is 0 Å². The van der Waals surface area contributed by atoms with Gasteiger partial charge in [-0.1, -0.05) is 6.07 Å². The Balaban J connectivity index is 2.18. The van der Waals surface area contributed by atoms with Crippen LogP contribution in [0.3, 0.4) is 0 Å². The maximum absolute atomic E-state index is 12.6. The molecule has 0 unspecified atom stereocenters. The van der Waals surface area contributed by atoms with Crippen molar-refractivity contribution in [1.29, 1.82) is 0 Å². The van der Waals surface area contributed by atoms with Gasteiger partial charge < -0.3 is 24.8 Å². The highest BCUT2D eigenvalue weighted by molar-refractivity contribution is 14.1. The zero-order valence-electron chi connectivity index (χ0n) is 14.6. The first-order chi connectivity index (χ1) is 12.5. The predicted octanol–water partition coefficient (Wildman–Crippen LogP) is 3.15. The summed E-state index contributed by atoms with van der Waals surface area (Å²) in [6.07, 6.45) is 0. The first kappa shape index (κ1) is 20.0. The zero-order chi connectivity index (χ0) is 19.1. The van der Waals surface area contributed by atoms with E-state index in [0.717, 1.165) is 3.57 Å². The molecule has 0 saturated heterocycles. The van der Waals surface area contributed by atoms with E-state index in [4.69, 9.17) is 14.2 Å². The maximum Gasteiger partial charge on any atom is 0.256 e. The number of halogens is 1. The average Bonchev–Trinajstić information content (AvgIpc) is 2.61. The number of carbonyl (C=O) groups is 2. The summed E-state index contributed by atoms with van der Waals surface area (Å²) in [5, 5.41) is 5.50. The lowest BCUT2D eigenvalue weighted by Gasteiger charge is -2.13. The second-order valence-corrected chi connectivity index (χ2v) is 6.37. The van der Waals surface area contributed by atoms with Gasteiger partial charge in [-0.3, -0.25) is 9.59 Å². The van der Waals surface area contributed by atoms with E-state index in [1.807, 2.05) is 0 Å². The van der Waals surface area contributed by atoms with E-state index in [0.29, 0.717) is 28.4 Å². The Kier molecular flexibility index (Phi) is 7.22. The Morgan fingerprint density at radius 1 is 0.962 bits per heavy atom. The van der Waals surface area contributed by atoms with Crippen molar-refractivity contribution >= 4 is 45.8 Å². The number of ether oxygens (including phenoxy) is 3. The Morgan fingerprint density at radius 2 is 1.58 bits per heavy atom. The minimum absolute atomic E-state index is 0.0412. The molecule has 0 saturated carbocycles. The van der Waals surface area contributed by atoms with Crippen LogP contribution < -0.4 is 20.1 Å². The lowest BCUT2D eigenvalue weighted by atomic mass is 10.1. The van der Waals surface area contributed by atoms with Crippen LogP contribution in [0.5, 0.6) is 11.5 Å². The van der Waals surface area contributed by atoms with Gasteiger partial charge in [-0.15, -0.1) is 0 Å². The molecule has 0 fully saturated rings. The molecule has 2 aromatic carbocycles. The molecule has 2 aromatic rings. The second-order valence-electron chi connectivity index (χ2n) is 5.20. The summed E-state index contributed by atoms with van der Waals surface area (Å²) in [6, 6.07) is 10.2. The van der Waals surface area contributed by atoms with Crippen molar-refractivity contribution in [2.45, 2.75) is 0 Å². The first-order valence-electron chi connectivity index (χ1n) is 7.60. The van der Waals surface area contributed by atoms with Crippen LogP contribution >= 0.6 is 22.6 Å². The summed E-state index contributed by atoms with van der Waals surface area (Å²) in [7, 11) is 4.50. The highest BCUT2D eigenvalue weighted by Crippen LogP contribution is 2.31. The number of carbonyl (C=O) groups excluding carboxylic acids is 2. The molecule has 0 atom stereocenters. The largest absolute Gasteiger partial charge is 0.493 e. The molecule has 26 heavy (non-hydrogen) atoms. The quantitative estimate of drug-likeness (QED) is 0.608. The van der Waals surface area contributed by atoms with Gasteiger partial charge in [0.05, 0.1) is 19.8 Å². The lowest BCUT2D eigenvalue weighted by molar-refractivity contribution is -0.119. The van der Waals surface area contributed by atoms with Crippen molar-refractivity contribution in [2.75, 3.05) is 38.6 Å². The fraction of sp³-hybridized carbons (Fsp3) is 0.222. The van der Waals surface area contributed by atoms with Crippen molar-refractivity contribution in [1.82, 2.24) is 0 Å². The molecule has 0 aromatic heterocycles. The molecule has 2 rings (SSSR count). The summed E-state index contributed by atoms with van der Waals surface area (Å²) >= 11 is 2.06. The van der Waals surface area contributed by atoms with Crippen LogP contribution in [0.2, 0.25) is 0 Å². The van der Waals surface area contributed by atoms with Crippen LogP contribution in [0, 0.1) is 3.57 Å². The SMILES string of the molecule is COCC(=O)Nc1cccc(NC(=O)c2cc(OC)c(OC)cc2I)c1. The Labute approximate surface area is 165 Å². The molecular formula is C18H19IN2O5. The highest BCUT2D eigenvalue weighted by Gasteiger charge is 2.16. The van der Waals surface area contributed by atoms with E-state index in [1.54, 1.807) is 36.4 Å². The normalized spacial score (nSPS) is 10.2. The third-order valence-electron chi connectivity index (χ3n) is 3.40. The van der Waals surface area contributed by atoms with Gasteiger partial charge >= 0.3 is 0 Å². The van der Waals surface area contributed by atoms with E-state index in [2.05, 4.69) is 33.2 Å². The molecule has 2 amide bonds. The topological polar surface area (TPSA) is 85.9 Å². The molecule has 0 aliphatic heterocycles. The van der Waals surface area contributed by atoms with Gasteiger partial charge in [-0.2, -0.15) is 0 Å². The van der Waals surface area contributed by atoms with E-state index in [1.165, 1.54) is 21.3 Å². The van der Waals surface area contributed by atoms with Crippen LogP contribution in [0.1, 0.15) is 10.4 Å². The molecule has 2 N–H and O–H groups in total. The molecule has 0 heterocycles. The summed E-state index contributed by atoms with van der Waals surface area (Å²) in [4.78, 5) is 24.2. The minimum Gasteiger partial charge on any atom is -0.493 e. The second kappa shape index (κ2) is 9.39. The molecule has 0 radical (unpaired) electrons. The van der Waals surface area contributed by atoms with Gasteiger partial charge in [-0.05, 0) is 52.9 Å². The molecular weight excluding hydrogens is 451 g/mol. The summed E-state index contributed by atoms with van der Waals surface area (Å²) in [5.41, 5.74) is 1.57. The number of amides is 2. The summed E-state index contributed by atoms with van der Waals surface area (Å²) < 4.78 is 16.0. The standard InChI is InChI=1S/C18H19IN2O5/c1-24-10-17(22)20-11-5-4-6-12(7-11)21-18(23)13-8-15(25-2)16(26-3)9-14(13)19/h4-9H,10H2,1-3H3,(H,20,22)(H,21,23). The number of hydrogen-bond donors (Lipinski definition) is 2. The fourth-order valence-electron chi connectivity index (χ4n) is 2.23. The van der Waals surface area contributed by atoms with Crippen LogP contribution in [-0.4, -0.2) is 39.8 Å². The smallest absolute Gasteiger partial charge is 0.256 e. The van der Waals surface area contributed by atoms with Crippen molar-refractivity contribution in [2.24, 2.45) is 0 Å². The third-order valence-corrected chi connectivity index (χ3v) is 4.29. The van der Waals surface area contributed by atoms with E-state index in [9.17, 15) is 9.59 Å². The van der Waals surface area contributed by atoms with Gasteiger partial charge in [0.25, 0.3) is 5.91 Å². The van der Waals surface area contributed by atoms with Crippen molar-refractivity contribution < 1.29 is 23.8 Å². The van der Waals surface area contributed by atoms with Crippen LogP contribution in [0.25, 0.3) is 0 Å². The number of benzene rings is 2. The van der Waals surface area contributed by atoms with Gasteiger partial charge in [0.2, 0.25) is 5.91 Å². The van der Waals surface area contributed by atoms with E-state index >= 15 is 0 Å². The monoisotopic (exact) mass is 470 g/mol. The van der Waals surface area contributed by atoms with E-state index < -0.39 is 0 Å². The first-order valence-corrected chi connectivity index (χ1v) is 8.68. The zero-order valence-corrected chi connectivity index (χ0v) is 16.7. The Hall–Kier alpha value is -2.33. The number of anilines is 2. The minimum atomic E-state index is -0.296. The van der Waals surface area contributed by atoms with Crippen LogP contribution in [0.15, 0.2) is 36.4 Å².